The van der Waals surface area contributed by atoms with Crippen LogP contribution in [0.2, 0.25) is 5.02 Å². The van der Waals surface area contributed by atoms with Gasteiger partial charge in [0.2, 0.25) is 0 Å². The highest BCUT2D eigenvalue weighted by Gasteiger charge is 2.27. The van der Waals surface area contributed by atoms with E-state index in [1.807, 2.05) is 6.07 Å². The number of aromatic nitrogens is 2. The lowest BCUT2D eigenvalue weighted by atomic mass is 10.0. The summed E-state index contributed by atoms with van der Waals surface area (Å²) < 4.78 is 5.92. The van der Waals surface area contributed by atoms with Crippen LogP contribution in [0.25, 0.3) is 11.3 Å². The summed E-state index contributed by atoms with van der Waals surface area (Å²) in [6.45, 7) is 1.83. The smallest absolute Gasteiger partial charge is 0.261 e. The number of halogens is 1. The number of fused-ring (bicyclic) bond motifs is 1. The number of rotatable bonds is 5. The number of nitrogens with zero attached hydrogens (tertiary/aromatic N) is 2. The molecule has 1 aliphatic rings. The van der Waals surface area contributed by atoms with Crippen molar-refractivity contribution in [1.29, 1.82) is 0 Å². The Kier molecular flexibility index (Phi) is 5.11. The Morgan fingerprint density at radius 3 is 2.82 bits per heavy atom. The summed E-state index contributed by atoms with van der Waals surface area (Å²) in [5.41, 5.74) is 2.59. The lowest BCUT2D eigenvalue weighted by Gasteiger charge is -2.12. The number of amides is 1. The lowest BCUT2D eigenvalue weighted by molar-refractivity contribution is 0.0937. The highest BCUT2D eigenvalue weighted by atomic mass is 35.5. The van der Waals surface area contributed by atoms with E-state index in [1.165, 1.54) is 18.3 Å². The van der Waals surface area contributed by atoms with Crippen molar-refractivity contribution in [2.75, 3.05) is 6.54 Å². The van der Waals surface area contributed by atoms with Crippen molar-refractivity contribution in [3.8, 4) is 17.0 Å². The van der Waals surface area contributed by atoms with Gasteiger partial charge < -0.3 is 10.1 Å². The molecule has 6 nitrogen and oxygen atoms in total. The molecule has 3 heterocycles. The number of nitrogens with one attached hydrogen (secondary N) is 1. The van der Waals surface area contributed by atoms with Crippen molar-refractivity contribution < 1.29 is 14.3 Å². The molecule has 1 N–H and O–H groups in total. The zero-order valence-corrected chi connectivity index (χ0v) is 16.5. The van der Waals surface area contributed by atoms with Gasteiger partial charge in [0.05, 0.1) is 33.2 Å². The number of thiophene rings is 1. The van der Waals surface area contributed by atoms with Crippen molar-refractivity contribution in [2.45, 2.75) is 19.4 Å². The molecular weight excluding hydrogens is 398 g/mol. The van der Waals surface area contributed by atoms with Crippen molar-refractivity contribution in [1.82, 2.24) is 15.3 Å². The predicted molar refractivity (Wildman–Crippen MR) is 107 cm³/mol. The monoisotopic (exact) mass is 413 g/mol. The minimum Gasteiger partial charge on any atom is -0.486 e. The molecule has 1 unspecified atom stereocenters. The molecule has 2 aromatic heterocycles. The largest absolute Gasteiger partial charge is 0.486 e. The number of Topliss-reactive ketones (excluding diaryl/α,β-unsaturated/α-hetero) is 1. The van der Waals surface area contributed by atoms with Gasteiger partial charge in [-0.2, -0.15) is 0 Å². The Labute approximate surface area is 170 Å². The fourth-order valence-corrected chi connectivity index (χ4v) is 4.14. The summed E-state index contributed by atoms with van der Waals surface area (Å²) in [5.74, 6) is 0.374. The highest BCUT2D eigenvalue weighted by Crippen LogP contribution is 2.39. The van der Waals surface area contributed by atoms with Crippen LogP contribution in [0.3, 0.4) is 0 Å². The van der Waals surface area contributed by atoms with Gasteiger partial charge in [0.1, 0.15) is 11.9 Å². The molecule has 0 saturated carbocycles. The van der Waals surface area contributed by atoms with Crippen molar-refractivity contribution >= 4 is 34.6 Å². The summed E-state index contributed by atoms with van der Waals surface area (Å²) in [6.07, 6.45) is 5.36. The Bertz CT molecular complexity index is 1050. The topological polar surface area (TPSA) is 81.2 Å². The maximum atomic E-state index is 12.3. The molecule has 28 heavy (non-hydrogen) atoms. The van der Waals surface area contributed by atoms with E-state index in [0.717, 1.165) is 16.8 Å². The number of ketones is 1. The second-order valence-corrected chi connectivity index (χ2v) is 7.90. The first kappa shape index (κ1) is 18.6. The van der Waals surface area contributed by atoms with E-state index >= 15 is 0 Å². The van der Waals surface area contributed by atoms with E-state index < -0.39 is 0 Å². The second-order valence-electron chi connectivity index (χ2n) is 6.41. The standard InChI is InChI=1S/C20H16ClN3O3S/c1-11(25)17-2-3-18(28-17)20(26)24-9-14-7-13-6-12(8-15(21)19(13)27-14)16-10-22-4-5-23-16/h2-6,8,10,14H,7,9H2,1H3,(H,24,26). The van der Waals surface area contributed by atoms with Gasteiger partial charge in [0.15, 0.2) is 5.78 Å². The van der Waals surface area contributed by atoms with Crippen LogP contribution in [-0.2, 0) is 6.42 Å². The highest BCUT2D eigenvalue weighted by molar-refractivity contribution is 7.15. The first-order chi connectivity index (χ1) is 13.5. The molecule has 0 bridgehead atoms. The molecule has 8 heteroatoms. The van der Waals surface area contributed by atoms with Crippen LogP contribution < -0.4 is 10.1 Å². The molecule has 1 aromatic carbocycles. The van der Waals surface area contributed by atoms with E-state index in [1.54, 1.807) is 36.8 Å². The van der Waals surface area contributed by atoms with Crippen molar-refractivity contribution in [3.05, 3.63) is 63.2 Å². The van der Waals surface area contributed by atoms with E-state index in [9.17, 15) is 9.59 Å². The Balaban J connectivity index is 1.43. The molecule has 0 spiro atoms. The van der Waals surface area contributed by atoms with Crippen LogP contribution >= 0.6 is 22.9 Å². The van der Waals surface area contributed by atoms with Crippen molar-refractivity contribution in [3.63, 3.8) is 0 Å². The first-order valence-electron chi connectivity index (χ1n) is 8.65. The maximum absolute atomic E-state index is 12.3. The molecule has 3 aromatic rings. The molecule has 1 amide bonds. The maximum Gasteiger partial charge on any atom is 0.261 e. The minimum absolute atomic E-state index is 0.0489. The Hall–Kier alpha value is -2.77. The van der Waals surface area contributed by atoms with Crippen LogP contribution in [0.1, 0.15) is 31.8 Å². The van der Waals surface area contributed by atoms with Gasteiger partial charge in [0, 0.05) is 29.9 Å². The molecule has 0 saturated heterocycles. The summed E-state index contributed by atoms with van der Waals surface area (Å²) in [4.78, 5) is 33.1. The molecule has 1 aliphatic heterocycles. The summed E-state index contributed by atoms with van der Waals surface area (Å²) in [5, 5.41) is 3.37. The average Bonchev–Trinajstić information content (AvgIpc) is 3.34. The van der Waals surface area contributed by atoms with Crippen LogP contribution in [0.4, 0.5) is 0 Å². The van der Waals surface area contributed by atoms with Gasteiger partial charge >= 0.3 is 0 Å². The lowest BCUT2D eigenvalue weighted by Crippen LogP contribution is -2.34. The van der Waals surface area contributed by atoms with Crippen molar-refractivity contribution in [2.24, 2.45) is 0 Å². The molecule has 4 rings (SSSR count). The zero-order valence-electron chi connectivity index (χ0n) is 14.9. The third kappa shape index (κ3) is 3.76. The van der Waals surface area contributed by atoms with Gasteiger partial charge in [0.25, 0.3) is 5.91 Å². The summed E-state index contributed by atoms with van der Waals surface area (Å²) in [6, 6.07) is 7.12. The second kappa shape index (κ2) is 7.69. The quantitative estimate of drug-likeness (QED) is 0.643. The molecular formula is C20H16ClN3O3S. The van der Waals surface area contributed by atoms with E-state index in [4.69, 9.17) is 16.3 Å². The van der Waals surface area contributed by atoms with Gasteiger partial charge in [-0.25, -0.2) is 0 Å². The van der Waals surface area contributed by atoms with Crippen LogP contribution in [0.5, 0.6) is 5.75 Å². The number of carbonyl (C=O) groups excluding carboxylic acids is 2. The third-order valence-corrected chi connectivity index (χ3v) is 5.84. The number of hydrogen-bond acceptors (Lipinski definition) is 6. The SMILES string of the molecule is CC(=O)c1ccc(C(=O)NCC2Cc3cc(-c4cnccn4)cc(Cl)c3O2)s1. The van der Waals surface area contributed by atoms with Gasteiger partial charge in [-0.1, -0.05) is 11.6 Å². The molecule has 1 atom stereocenters. The number of carbonyl (C=O) groups is 2. The third-order valence-electron chi connectivity index (χ3n) is 4.38. The van der Waals surface area contributed by atoms with E-state index in [0.29, 0.717) is 33.5 Å². The predicted octanol–water partition coefficient (Wildman–Crippen LogP) is 3.79. The van der Waals surface area contributed by atoms with Gasteiger partial charge in [-0.05, 0) is 31.2 Å². The molecule has 0 fully saturated rings. The van der Waals surface area contributed by atoms with Crippen LogP contribution in [-0.4, -0.2) is 34.3 Å². The summed E-state index contributed by atoms with van der Waals surface area (Å²) in [7, 11) is 0. The minimum atomic E-state index is -0.219. The molecule has 0 radical (unpaired) electrons. The average molecular weight is 414 g/mol. The van der Waals surface area contributed by atoms with E-state index in [2.05, 4.69) is 15.3 Å². The first-order valence-corrected chi connectivity index (χ1v) is 9.85. The fourth-order valence-electron chi connectivity index (χ4n) is 3.04. The van der Waals surface area contributed by atoms with E-state index in [-0.39, 0.29) is 17.8 Å². The Morgan fingerprint density at radius 1 is 1.29 bits per heavy atom. The zero-order chi connectivity index (χ0) is 19.7. The van der Waals surface area contributed by atoms with Gasteiger partial charge in [-0.3, -0.25) is 19.6 Å². The number of hydrogen-bond donors (Lipinski definition) is 1. The van der Waals surface area contributed by atoms with Gasteiger partial charge in [-0.15, -0.1) is 11.3 Å². The number of ether oxygens (including phenoxy) is 1. The number of benzene rings is 1. The normalized spacial score (nSPS) is 15.0. The molecule has 0 aliphatic carbocycles. The molecule has 142 valence electrons. The van der Waals surface area contributed by atoms with Crippen LogP contribution in [0, 0.1) is 0 Å². The summed E-state index contributed by atoms with van der Waals surface area (Å²) >= 11 is 7.57. The van der Waals surface area contributed by atoms with Crippen LogP contribution in [0.15, 0.2) is 42.9 Å². The fraction of sp³-hybridized carbons (Fsp3) is 0.200. The Morgan fingerprint density at radius 2 is 2.11 bits per heavy atom.